The molecule has 0 radical (unpaired) electrons. The minimum absolute atomic E-state index is 0.422. The Bertz CT molecular complexity index is 334. The summed E-state index contributed by atoms with van der Waals surface area (Å²) in [5, 5.41) is 3.33. The van der Waals surface area contributed by atoms with Gasteiger partial charge in [-0.15, -0.1) is 0 Å². The van der Waals surface area contributed by atoms with Crippen molar-refractivity contribution in [1.82, 2.24) is 5.32 Å². The Morgan fingerprint density at radius 2 is 1.94 bits per heavy atom. The third-order valence-corrected chi connectivity index (χ3v) is 4.13. The Balaban J connectivity index is 2.24. The first-order chi connectivity index (χ1) is 7.83. The van der Waals surface area contributed by atoms with E-state index in [0.717, 1.165) is 0 Å². The summed E-state index contributed by atoms with van der Waals surface area (Å²) in [5.74, 6) is 2.50. The number of para-hydroxylation sites is 1. The van der Waals surface area contributed by atoms with Crippen LogP contribution >= 0.6 is 11.8 Å². The van der Waals surface area contributed by atoms with Gasteiger partial charge in [0.05, 0.1) is 0 Å². The predicted molar refractivity (Wildman–Crippen MR) is 73.5 cm³/mol. The summed E-state index contributed by atoms with van der Waals surface area (Å²) in [7, 11) is 2.02. The van der Waals surface area contributed by atoms with E-state index in [1.807, 2.05) is 7.05 Å². The molecule has 1 fully saturated rings. The topological polar surface area (TPSA) is 15.3 Å². The van der Waals surface area contributed by atoms with Crippen molar-refractivity contribution in [1.29, 1.82) is 0 Å². The average Bonchev–Trinajstić information content (AvgIpc) is 2.39. The van der Waals surface area contributed by atoms with Crippen molar-refractivity contribution >= 4 is 17.4 Å². The molecule has 2 rings (SSSR count). The highest BCUT2D eigenvalue weighted by molar-refractivity contribution is 7.99. The van der Waals surface area contributed by atoms with E-state index in [-0.39, 0.29) is 0 Å². The Hall–Kier alpha value is -0.670. The lowest BCUT2D eigenvalue weighted by atomic mass is 10.1. The first kappa shape index (κ1) is 11.8. The molecule has 3 heteroatoms. The fourth-order valence-electron chi connectivity index (χ4n) is 2.10. The summed E-state index contributed by atoms with van der Waals surface area (Å²) < 4.78 is 0. The number of nitrogens with one attached hydrogen (secondary N) is 1. The minimum atomic E-state index is 0.422. The standard InChI is InChI=1S/C13H20N2S/c1-11(14-2)12-5-3-4-6-13(12)15-7-9-16-10-8-15/h3-6,11,14H,7-10H2,1-2H3. The number of anilines is 1. The molecular weight excluding hydrogens is 216 g/mol. The number of hydrogen-bond acceptors (Lipinski definition) is 3. The molecule has 1 aromatic carbocycles. The van der Waals surface area contributed by atoms with Crippen LogP contribution in [0.3, 0.4) is 0 Å². The third kappa shape index (κ3) is 2.53. The summed E-state index contributed by atoms with van der Waals surface area (Å²) >= 11 is 2.06. The molecule has 1 aliphatic rings. The van der Waals surface area contributed by atoms with Gasteiger partial charge < -0.3 is 10.2 Å². The van der Waals surface area contributed by atoms with Crippen molar-refractivity contribution in [2.24, 2.45) is 0 Å². The quantitative estimate of drug-likeness (QED) is 0.868. The van der Waals surface area contributed by atoms with Gasteiger partial charge in [-0.25, -0.2) is 0 Å². The van der Waals surface area contributed by atoms with E-state index in [9.17, 15) is 0 Å². The molecular formula is C13H20N2S. The molecule has 1 saturated heterocycles. The first-order valence-corrected chi connectivity index (χ1v) is 7.07. The van der Waals surface area contributed by atoms with Crippen LogP contribution in [-0.2, 0) is 0 Å². The second-order valence-electron chi connectivity index (χ2n) is 4.17. The average molecular weight is 236 g/mol. The number of hydrogen-bond donors (Lipinski definition) is 1. The lowest BCUT2D eigenvalue weighted by Gasteiger charge is -2.31. The summed E-state index contributed by atoms with van der Waals surface area (Å²) in [6, 6.07) is 9.18. The summed E-state index contributed by atoms with van der Waals surface area (Å²) in [6.07, 6.45) is 0. The zero-order valence-corrected chi connectivity index (χ0v) is 10.9. The molecule has 0 aliphatic carbocycles. The molecule has 1 heterocycles. The van der Waals surface area contributed by atoms with Gasteiger partial charge in [-0.3, -0.25) is 0 Å². The number of rotatable bonds is 3. The lowest BCUT2D eigenvalue weighted by molar-refractivity contribution is 0.648. The van der Waals surface area contributed by atoms with Crippen LogP contribution < -0.4 is 10.2 Å². The van der Waals surface area contributed by atoms with Gasteiger partial charge in [-0.1, -0.05) is 18.2 Å². The van der Waals surface area contributed by atoms with E-state index in [1.54, 1.807) is 0 Å². The lowest BCUT2D eigenvalue weighted by Crippen LogP contribution is -2.33. The highest BCUT2D eigenvalue weighted by atomic mass is 32.2. The van der Waals surface area contributed by atoms with Crippen LogP contribution in [0.15, 0.2) is 24.3 Å². The molecule has 1 unspecified atom stereocenters. The molecule has 88 valence electrons. The largest absolute Gasteiger partial charge is 0.370 e. The summed E-state index contributed by atoms with van der Waals surface area (Å²) in [5.41, 5.74) is 2.82. The van der Waals surface area contributed by atoms with Crippen molar-refractivity contribution < 1.29 is 0 Å². The van der Waals surface area contributed by atoms with E-state index >= 15 is 0 Å². The van der Waals surface area contributed by atoms with Gasteiger partial charge in [0.1, 0.15) is 0 Å². The molecule has 1 N–H and O–H groups in total. The Labute approximate surface area is 102 Å². The van der Waals surface area contributed by atoms with Crippen molar-refractivity contribution in [3.8, 4) is 0 Å². The van der Waals surface area contributed by atoms with Gasteiger partial charge in [0.25, 0.3) is 0 Å². The van der Waals surface area contributed by atoms with Crippen molar-refractivity contribution in [2.75, 3.05) is 36.5 Å². The fraction of sp³-hybridized carbons (Fsp3) is 0.538. The maximum Gasteiger partial charge on any atom is 0.0415 e. The van der Waals surface area contributed by atoms with Crippen molar-refractivity contribution in [2.45, 2.75) is 13.0 Å². The SMILES string of the molecule is CNC(C)c1ccccc1N1CCSCC1. The maximum absolute atomic E-state index is 3.33. The third-order valence-electron chi connectivity index (χ3n) is 3.19. The minimum Gasteiger partial charge on any atom is -0.370 e. The molecule has 0 saturated carbocycles. The summed E-state index contributed by atoms with van der Waals surface area (Å²) in [6.45, 7) is 4.58. The zero-order chi connectivity index (χ0) is 11.4. The van der Waals surface area contributed by atoms with E-state index < -0.39 is 0 Å². The molecule has 0 aromatic heterocycles. The van der Waals surface area contributed by atoms with Crippen molar-refractivity contribution in [3.63, 3.8) is 0 Å². The molecule has 1 aliphatic heterocycles. The zero-order valence-electron chi connectivity index (χ0n) is 10.1. The highest BCUT2D eigenvalue weighted by Gasteiger charge is 2.16. The van der Waals surface area contributed by atoms with Crippen LogP contribution in [0.2, 0.25) is 0 Å². The van der Waals surface area contributed by atoms with Gasteiger partial charge in [-0.05, 0) is 25.6 Å². The van der Waals surface area contributed by atoms with Gasteiger partial charge in [0.15, 0.2) is 0 Å². The second-order valence-corrected chi connectivity index (χ2v) is 5.39. The highest BCUT2D eigenvalue weighted by Crippen LogP contribution is 2.27. The van der Waals surface area contributed by atoms with Gasteiger partial charge in [0.2, 0.25) is 0 Å². The van der Waals surface area contributed by atoms with Gasteiger partial charge >= 0.3 is 0 Å². The van der Waals surface area contributed by atoms with Crippen LogP contribution in [0, 0.1) is 0 Å². The molecule has 0 amide bonds. The van der Waals surface area contributed by atoms with Gasteiger partial charge in [-0.2, -0.15) is 11.8 Å². The van der Waals surface area contributed by atoms with E-state index in [2.05, 4.69) is 53.2 Å². The van der Waals surface area contributed by atoms with Crippen molar-refractivity contribution in [3.05, 3.63) is 29.8 Å². The Morgan fingerprint density at radius 3 is 2.62 bits per heavy atom. The number of thioether (sulfide) groups is 1. The molecule has 16 heavy (non-hydrogen) atoms. The normalized spacial score (nSPS) is 18.5. The van der Waals surface area contributed by atoms with Gasteiger partial charge in [0, 0.05) is 36.3 Å². The van der Waals surface area contributed by atoms with Crippen LogP contribution in [0.4, 0.5) is 5.69 Å². The maximum atomic E-state index is 3.33. The molecule has 2 nitrogen and oxygen atoms in total. The Kier molecular flexibility index (Phi) is 4.13. The van der Waals surface area contributed by atoms with E-state index in [1.165, 1.54) is 35.8 Å². The predicted octanol–water partition coefficient (Wildman–Crippen LogP) is 2.52. The first-order valence-electron chi connectivity index (χ1n) is 5.92. The molecule has 0 bridgehead atoms. The number of nitrogens with zero attached hydrogens (tertiary/aromatic N) is 1. The smallest absolute Gasteiger partial charge is 0.0415 e. The monoisotopic (exact) mass is 236 g/mol. The van der Waals surface area contributed by atoms with Crippen LogP contribution in [0.1, 0.15) is 18.5 Å². The number of benzene rings is 1. The van der Waals surface area contributed by atoms with E-state index in [0.29, 0.717) is 6.04 Å². The van der Waals surface area contributed by atoms with Crippen LogP contribution in [0.25, 0.3) is 0 Å². The molecule has 1 aromatic rings. The second kappa shape index (κ2) is 5.60. The molecule has 0 spiro atoms. The van der Waals surface area contributed by atoms with Crippen LogP contribution in [0.5, 0.6) is 0 Å². The fourth-order valence-corrected chi connectivity index (χ4v) is 3.00. The van der Waals surface area contributed by atoms with E-state index in [4.69, 9.17) is 0 Å². The van der Waals surface area contributed by atoms with Crippen LogP contribution in [-0.4, -0.2) is 31.6 Å². The molecule has 1 atom stereocenters. The Morgan fingerprint density at radius 1 is 1.25 bits per heavy atom. The summed E-state index contributed by atoms with van der Waals surface area (Å²) in [4.78, 5) is 2.51.